The summed E-state index contributed by atoms with van der Waals surface area (Å²) in [4.78, 5) is 22.5. The van der Waals surface area contributed by atoms with Gasteiger partial charge in [-0.1, -0.05) is 5.16 Å². The summed E-state index contributed by atoms with van der Waals surface area (Å²) in [5.74, 6) is -0.359. The summed E-state index contributed by atoms with van der Waals surface area (Å²) in [6.45, 7) is 3.29. The van der Waals surface area contributed by atoms with Gasteiger partial charge in [-0.05, 0) is 26.8 Å². The Bertz CT molecular complexity index is 534. The molecule has 0 aromatic carbocycles. The van der Waals surface area contributed by atoms with Crippen LogP contribution < -0.4 is 11.1 Å². The fraction of sp³-hybridized carbons (Fsp3) is 0.538. The second kappa shape index (κ2) is 6.04. The van der Waals surface area contributed by atoms with E-state index < -0.39 is 5.54 Å². The molecular weight excluding hydrogens is 272 g/mol. The number of carbonyl (C=O) groups is 1. The number of nitrogens with two attached hydrogens (primary N) is 1. The summed E-state index contributed by atoms with van der Waals surface area (Å²) >= 11 is 0. The molecule has 1 aromatic rings. The zero-order valence-electron chi connectivity index (χ0n) is 12.2. The molecule has 0 radical (unpaired) electrons. The molecule has 0 bridgehead atoms. The highest BCUT2D eigenvalue weighted by atomic mass is 16.4. The lowest BCUT2D eigenvalue weighted by Gasteiger charge is -2.40. The van der Waals surface area contributed by atoms with E-state index >= 15 is 0 Å². The smallest absolute Gasteiger partial charge is 0.272 e. The molecule has 1 aliphatic heterocycles. The van der Waals surface area contributed by atoms with E-state index in [1.165, 1.54) is 12.4 Å². The molecule has 0 aliphatic carbocycles. The van der Waals surface area contributed by atoms with Crippen molar-refractivity contribution in [3.05, 3.63) is 23.8 Å². The molecule has 1 saturated heterocycles. The number of nitrogens with zero attached hydrogens (tertiary/aromatic N) is 4. The average Bonchev–Trinajstić information content (AvgIpc) is 2.49. The van der Waals surface area contributed by atoms with Gasteiger partial charge in [0.25, 0.3) is 5.91 Å². The fourth-order valence-corrected chi connectivity index (χ4v) is 2.33. The van der Waals surface area contributed by atoms with Gasteiger partial charge in [0.2, 0.25) is 0 Å². The molecule has 4 N–H and O–H groups in total. The Morgan fingerprint density at radius 3 is 2.62 bits per heavy atom. The van der Waals surface area contributed by atoms with Crippen molar-refractivity contribution in [2.45, 2.75) is 25.3 Å². The monoisotopic (exact) mass is 292 g/mol. The third kappa shape index (κ3) is 3.27. The van der Waals surface area contributed by atoms with Gasteiger partial charge < -0.3 is 21.2 Å². The Morgan fingerprint density at radius 1 is 1.43 bits per heavy atom. The van der Waals surface area contributed by atoms with Crippen LogP contribution in [0.15, 0.2) is 17.5 Å². The van der Waals surface area contributed by atoms with Crippen LogP contribution in [0.1, 0.15) is 29.0 Å². The van der Waals surface area contributed by atoms with Crippen LogP contribution in [0.4, 0.5) is 0 Å². The van der Waals surface area contributed by atoms with Crippen LogP contribution in [-0.2, 0) is 0 Å². The third-order valence-electron chi connectivity index (χ3n) is 3.81. The number of carbonyl (C=O) groups excluding carboxylic acids is 1. The SMILES string of the molecule is Cc1cnc(C(=O)NC2(C(N)=NO)CCN(C)CC2)cn1. The van der Waals surface area contributed by atoms with E-state index in [0.29, 0.717) is 12.8 Å². The summed E-state index contributed by atoms with van der Waals surface area (Å²) in [6.07, 6.45) is 4.09. The molecule has 0 unspecified atom stereocenters. The predicted octanol–water partition coefficient (Wildman–Crippen LogP) is -0.274. The minimum absolute atomic E-state index is 0.0176. The molecule has 0 atom stereocenters. The molecule has 2 rings (SSSR count). The van der Waals surface area contributed by atoms with Crippen molar-refractivity contribution in [3.8, 4) is 0 Å². The Balaban J connectivity index is 2.19. The number of aromatic nitrogens is 2. The first-order valence-electron chi connectivity index (χ1n) is 6.74. The van der Waals surface area contributed by atoms with Crippen molar-refractivity contribution in [2.75, 3.05) is 20.1 Å². The number of hydrogen-bond acceptors (Lipinski definition) is 6. The van der Waals surface area contributed by atoms with Crippen molar-refractivity contribution in [2.24, 2.45) is 10.9 Å². The number of piperidine rings is 1. The summed E-state index contributed by atoms with van der Waals surface area (Å²) in [5.41, 5.74) is 5.91. The van der Waals surface area contributed by atoms with Crippen LogP contribution in [0.25, 0.3) is 0 Å². The highest BCUT2D eigenvalue weighted by molar-refractivity contribution is 5.99. The minimum Gasteiger partial charge on any atom is -0.409 e. The Hall–Kier alpha value is -2.22. The fourth-order valence-electron chi connectivity index (χ4n) is 2.33. The first kappa shape index (κ1) is 15.2. The van der Waals surface area contributed by atoms with Crippen LogP contribution in [0.3, 0.4) is 0 Å². The number of aryl methyl sites for hydroxylation is 1. The van der Waals surface area contributed by atoms with E-state index in [0.717, 1.165) is 18.8 Å². The van der Waals surface area contributed by atoms with Gasteiger partial charge in [0.15, 0.2) is 5.84 Å². The number of nitrogens with one attached hydrogen (secondary N) is 1. The van der Waals surface area contributed by atoms with E-state index in [2.05, 4.69) is 25.3 Å². The Morgan fingerprint density at radius 2 is 2.10 bits per heavy atom. The second-order valence-electron chi connectivity index (χ2n) is 5.37. The lowest BCUT2D eigenvalue weighted by molar-refractivity contribution is 0.0881. The summed E-state index contributed by atoms with van der Waals surface area (Å²) < 4.78 is 0. The topological polar surface area (TPSA) is 117 Å². The van der Waals surface area contributed by atoms with E-state index in [-0.39, 0.29) is 17.4 Å². The first-order valence-corrected chi connectivity index (χ1v) is 6.74. The molecule has 0 spiro atoms. The van der Waals surface area contributed by atoms with Gasteiger partial charge in [0.05, 0.1) is 11.9 Å². The molecular formula is C13H20N6O2. The Kier molecular flexibility index (Phi) is 4.37. The van der Waals surface area contributed by atoms with E-state index in [1.54, 1.807) is 6.92 Å². The number of amidine groups is 1. The Labute approximate surface area is 123 Å². The summed E-state index contributed by atoms with van der Waals surface area (Å²) in [5, 5.41) is 15.0. The standard InChI is InChI=1S/C13H20N6O2/c1-9-7-16-10(8-15-9)11(20)17-13(12(14)18-21)3-5-19(2)6-4-13/h7-8,21H,3-6H2,1-2H3,(H2,14,18)(H,17,20). The number of hydrogen-bond donors (Lipinski definition) is 3. The van der Waals surface area contributed by atoms with Gasteiger partial charge in [-0.25, -0.2) is 4.98 Å². The molecule has 2 heterocycles. The zero-order valence-corrected chi connectivity index (χ0v) is 12.2. The molecule has 21 heavy (non-hydrogen) atoms. The zero-order chi connectivity index (χ0) is 15.5. The molecule has 1 fully saturated rings. The maximum Gasteiger partial charge on any atom is 0.272 e. The van der Waals surface area contributed by atoms with Crippen molar-refractivity contribution in [1.82, 2.24) is 20.2 Å². The van der Waals surface area contributed by atoms with Crippen molar-refractivity contribution >= 4 is 11.7 Å². The molecule has 8 nitrogen and oxygen atoms in total. The van der Waals surface area contributed by atoms with Gasteiger partial charge in [-0.3, -0.25) is 9.78 Å². The normalized spacial score (nSPS) is 19.2. The largest absolute Gasteiger partial charge is 0.409 e. The first-order chi connectivity index (χ1) is 9.97. The van der Waals surface area contributed by atoms with Crippen LogP contribution in [-0.4, -0.2) is 57.5 Å². The summed E-state index contributed by atoms with van der Waals surface area (Å²) in [7, 11) is 1.99. The maximum atomic E-state index is 12.3. The van der Waals surface area contributed by atoms with Crippen molar-refractivity contribution < 1.29 is 10.0 Å². The van der Waals surface area contributed by atoms with Crippen molar-refractivity contribution in [3.63, 3.8) is 0 Å². The van der Waals surface area contributed by atoms with Crippen LogP contribution in [0.5, 0.6) is 0 Å². The van der Waals surface area contributed by atoms with Gasteiger partial charge >= 0.3 is 0 Å². The lowest BCUT2D eigenvalue weighted by Crippen LogP contribution is -2.62. The van der Waals surface area contributed by atoms with Crippen LogP contribution >= 0.6 is 0 Å². The summed E-state index contributed by atoms with van der Waals surface area (Å²) in [6, 6.07) is 0. The quantitative estimate of drug-likeness (QED) is 0.305. The maximum absolute atomic E-state index is 12.3. The van der Waals surface area contributed by atoms with E-state index in [1.807, 2.05) is 7.05 Å². The number of oxime groups is 1. The molecule has 1 aromatic heterocycles. The molecule has 114 valence electrons. The van der Waals surface area contributed by atoms with Gasteiger partial charge in [0, 0.05) is 19.3 Å². The highest BCUT2D eigenvalue weighted by Gasteiger charge is 2.39. The van der Waals surface area contributed by atoms with E-state index in [9.17, 15) is 4.79 Å². The number of amides is 1. The minimum atomic E-state index is -0.842. The molecule has 1 amide bonds. The second-order valence-corrected chi connectivity index (χ2v) is 5.37. The predicted molar refractivity (Wildman–Crippen MR) is 77.1 cm³/mol. The van der Waals surface area contributed by atoms with E-state index in [4.69, 9.17) is 10.9 Å². The number of rotatable bonds is 3. The molecule has 1 aliphatic rings. The van der Waals surface area contributed by atoms with Crippen LogP contribution in [0, 0.1) is 6.92 Å². The lowest BCUT2D eigenvalue weighted by atomic mass is 9.86. The molecule has 8 heteroatoms. The van der Waals surface area contributed by atoms with Crippen molar-refractivity contribution in [1.29, 1.82) is 0 Å². The van der Waals surface area contributed by atoms with Gasteiger partial charge in [-0.15, -0.1) is 0 Å². The van der Waals surface area contributed by atoms with Gasteiger partial charge in [-0.2, -0.15) is 0 Å². The van der Waals surface area contributed by atoms with Gasteiger partial charge in [0.1, 0.15) is 11.2 Å². The van der Waals surface area contributed by atoms with Crippen LogP contribution in [0.2, 0.25) is 0 Å². The highest BCUT2D eigenvalue weighted by Crippen LogP contribution is 2.22. The average molecular weight is 292 g/mol. The number of likely N-dealkylation sites (tertiary alicyclic amines) is 1. The molecule has 0 saturated carbocycles. The third-order valence-corrected chi connectivity index (χ3v) is 3.81.